The Morgan fingerprint density at radius 1 is 1.12 bits per heavy atom. The number of carbonyl (C=O) groups is 2. The van der Waals surface area contributed by atoms with Gasteiger partial charge in [-0.2, -0.15) is 0 Å². The fraction of sp³-hybridized carbons (Fsp3) is 0.280. The van der Waals surface area contributed by atoms with Crippen molar-refractivity contribution < 1.29 is 28.9 Å². The quantitative estimate of drug-likeness (QED) is 0.264. The van der Waals surface area contributed by atoms with Gasteiger partial charge in [-0.1, -0.05) is 24.8 Å². The number of benzene rings is 2. The van der Waals surface area contributed by atoms with E-state index in [1.54, 1.807) is 54.6 Å². The molecule has 32 heavy (non-hydrogen) atoms. The second kappa shape index (κ2) is 10.6. The van der Waals surface area contributed by atoms with Gasteiger partial charge in [-0.05, 0) is 48.9 Å². The van der Waals surface area contributed by atoms with Crippen LogP contribution in [0.15, 0.2) is 66.8 Å². The molecule has 3 rings (SSSR count). The van der Waals surface area contributed by atoms with E-state index in [2.05, 4.69) is 6.58 Å². The van der Waals surface area contributed by atoms with Gasteiger partial charge < -0.3 is 24.2 Å². The van der Waals surface area contributed by atoms with Crippen LogP contribution in [-0.4, -0.2) is 55.2 Å². The van der Waals surface area contributed by atoms with Crippen LogP contribution in [0.5, 0.6) is 11.5 Å². The van der Waals surface area contributed by atoms with Crippen LogP contribution in [0.3, 0.4) is 0 Å². The first-order valence-corrected chi connectivity index (χ1v) is 10.4. The molecule has 2 aromatic rings. The topological polar surface area (TPSA) is 85.3 Å². The zero-order valence-corrected chi connectivity index (χ0v) is 18.2. The van der Waals surface area contributed by atoms with Gasteiger partial charge in [0.2, 0.25) is 0 Å². The van der Waals surface area contributed by atoms with Gasteiger partial charge in [-0.15, -0.1) is 0 Å². The maximum Gasteiger partial charge on any atom is 0.295 e. The van der Waals surface area contributed by atoms with Gasteiger partial charge in [-0.25, -0.2) is 0 Å². The van der Waals surface area contributed by atoms with Crippen LogP contribution in [0.1, 0.15) is 24.1 Å². The Morgan fingerprint density at radius 2 is 1.88 bits per heavy atom. The Kier molecular flexibility index (Phi) is 7.68. The van der Waals surface area contributed by atoms with Crippen molar-refractivity contribution in [3.63, 3.8) is 0 Å². The van der Waals surface area contributed by atoms with E-state index in [0.717, 1.165) is 0 Å². The Labute approximate surface area is 187 Å². The summed E-state index contributed by atoms with van der Waals surface area (Å²) in [6.07, 6.45) is 1.63. The molecular weight excluding hydrogens is 410 g/mol. The lowest BCUT2D eigenvalue weighted by molar-refractivity contribution is -0.140. The van der Waals surface area contributed by atoms with Gasteiger partial charge in [0.1, 0.15) is 23.9 Å². The van der Waals surface area contributed by atoms with Crippen LogP contribution >= 0.6 is 0 Å². The number of carbonyl (C=O) groups excluding carboxylic acids is 2. The summed E-state index contributed by atoms with van der Waals surface area (Å²) in [5, 5.41) is 11.1. The number of aliphatic hydroxyl groups excluding tert-OH is 1. The number of amides is 1. The molecule has 0 spiro atoms. The Balaban J connectivity index is 2.07. The van der Waals surface area contributed by atoms with Crippen LogP contribution in [0.4, 0.5) is 0 Å². The Hall–Kier alpha value is -3.58. The molecule has 1 atom stereocenters. The van der Waals surface area contributed by atoms with Gasteiger partial charge >= 0.3 is 0 Å². The second-order valence-corrected chi connectivity index (χ2v) is 7.11. The molecule has 1 N–H and O–H groups in total. The van der Waals surface area contributed by atoms with Gasteiger partial charge in [0, 0.05) is 19.2 Å². The normalized spacial score (nSPS) is 17.4. The minimum absolute atomic E-state index is 0.0273. The van der Waals surface area contributed by atoms with Gasteiger partial charge in [0.25, 0.3) is 11.7 Å². The fourth-order valence-corrected chi connectivity index (χ4v) is 3.61. The average Bonchev–Trinajstić information content (AvgIpc) is 3.06. The van der Waals surface area contributed by atoms with Crippen LogP contribution < -0.4 is 9.47 Å². The standard InChI is InChI=1S/C25H27NO6/c1-4-14-32-19-11-9-17(10-12-19)23(27)21-22(18-7-6-8-20(16-18)31-5-2)26(13-15-30-3)25(29)24(21)28/h4,6-12,16,22,27H,1,5,13-15H2,2-3H3/t22-/m1/s1. The highest BCUT2D eigenvalue weighted by Gasteiger charge is 2.46. The predicted molar refractivity (Wildman–Crippen MR) is 121 cm³/mol. The largest absolute Gasteiger partial charge is 0.507 e. The number of ketones is 1. The lowest BCUT2D eigenvalue weighted by Gasteiger charge is -2.25. The summed E-state index contributed by atoms with van der Waals surface area (Å²) in [4.78, 5) is 27.2. The zero-order valence-electron chi connectivity index (χ0n) is 18.2. The van der Waals surface area contributed by atoms with Gasteiger partial charge in [0.15, 0.2) is 0 Å². The molecule has 0 saturated carbocycles. The lowest BCUT2D eigenvalue weighted by atomic mass is 9.95. The van der Waals surface area contributed by atoms with Crippen molar-refractivity contribution >= 4 is 17.4 Å². The predicted octanol–water partition coefficient (Wildman–Crippen LogP) is 3.72. The molecule has 1 aliphatic heterocycles. The molecule has 1 aliphatic rings. The maximum atomic E-state index is 13.0. The van der Waals surface area contributed by atoms with E-state index < -0.39 is 17.7 Å². The molecule has 1 fully saturated rings. The van der Waals surface area contributed by atoms with Crippen molar-refractivity contribution in [2.24, 2.45) is 0 Å². The number of aliphatic hydroxyl groups is 1. The van der Waals surface area contributed by atoms with Crippen LogP contribution in [0, 0.1) is 0 Å². The van der Waals surface area contributed by atoms with Crippen LogP contribution in [0.25, 0.3) is 5.76 Å². The molecule has 2 aromatic carbocycles. The molecule has 1 heterocycles. The monoisotopic (exact) mass is 437 g/mol. The maximum absolute atomic E-state index is 13.0. The second-order valence-electron chi connectivity index (χ2n) is 7.11. The third kappa shape index (κ3) is 4.84. The highest BCUT2D eigenvalue weighted by atomic mass is 16.5. The number of Topliss-reactive ketones (excluding diaryl/α,β-unsaturated/α-hetero) is 1. The summed E-state index contributed by atoms with van der Waals surface area (Å²) in [5.41, 5.74) is 1.10. The van der Waals surface area contributed by atoms with Gasteiger partial charge in [0.05, 0.1) is 24.8 Å². The van der Waals surface area contributed by atoms with E-state index in [1.807, 2.05) is 6.92 Å². The van der Waals surface area contributed by atoms with E-state index in [1.165, 1.54) is 12.0 Å². The molecule has 7 heteroatoms. The van der Waals surface area contributed by atoms with Crippen molar-refractivity contribution in [1.29, 1.82) is 0 Å². The molecule has 1 saturated heterocycles. The SMILES string of the molecule is C=CCOc1ccc(C(O)=C2C(=O)C(=O)N(CCOC)[C@@H]2c2cccc(OCC)c2)cc1. The van der Waals surface area contributed by atoms with E-state index in [0.29, 0.717) is 35.8 Å². The van der Waals surface area contributed by atoms with Crippen molar-refractivity contribution in [3.8, 4) is 11.5 Å². The summed E-state index contributed by atoms with van der Waals surface area (Å²) in [7, 11) is 1.53. The molecule has 7 nitrogen and oxygen atoms in total. The summed E-state index contributed by atoms with van der Waals surface area (Å²) < 4.78 is 16.2. The molecule has 168 valence electrons. The first-order chi connectivity index (χ1) is 15.5. The Bertz CT molecular complexity index is 1010. The molecule has 0 aromatic heterocycles. The molecule has 0 aliphatic carbocycles. The van der Waals surface area contributed by atoms with Crippen molar-refractivity contribution in [1.82, 2.24) is 4.90 Å². The lowest BCUT2D eigenvalue weighted by Crippen LogP contribution is -2.32. The number of nitrogens with zero attached hydrogens (tertiary/aromatic N) is 1. The van der Waals surface area contributed by atoms with E-state index in [9.17, 15) is 14.7 Å². The van der Waals surface area contributed by atoms with Crippen molar-refractivity contribution in [2.45, 2.75) is 13.0 Å². The van der Waals surface area contributed by atoms with Crippen molar-refractivity contribution in [2.75, 3.05) is 33.5 Å². The van der Waals surface area contributed by atoms with Gasteiger partial charge in [-0.3, -0.25) is 9.59 Å². The summed E-state index contributed by atoms with van der Waals surface area (Å²) in [6.45, 7) is 6.77. The molecule has 0 unspecified atom stereocenters. The number of likely N-dealkylation sites (tertiary alicyclic amines) is 1. The zero-order chi connectivity index (χ0) is 23.1. The molecular formula is C25H27NO6. The first-order valence-electron chi connectivity index (χ1n) is 10.4. The highest BCUT2D eigenvalue weighted by Crippen LogP contribution is 2.40. The number of hydrogen-bond donors (Lipinski definition) is 1. The average molecular weight is 437 g/mol. The third-order valence-corrected chi connectivity index (χ3v) is 5.06. The first kappa shape index (κ1) is 23.1. The smallest absolute Gasteiger partial charge is 0.295 e. The number of ether oxygens (including phenoxy) is 3. The van der Waals surface area contributed by atoms with E-state index in [-0.39, 0.29) is 24.5 Å². The van der Waals surface area contributed by atoms with Crippen LogP contribution in [0.2, 0.25) is 0 Å². The summed E-state index contributed by atoms with van der Waals surface area (Å²) >= 11 is 0. The minimum Gasteiger partial charge on any atom is -0.507 e. The van der Waals surface area contributed by atoms with E-state index >= 15 is 0 Å². The molecule has 0 radical (unpaired) electrons. The molecule has 0 bridgehead atoms. The number of hydrogen-bond acceptors (Lipinski definition) is 6. The summed E-state index contributed by atoms with van der Waals surface area (Å²) in [5.74, 6) is -0.446. The minimum atomic E-state index is -0.762. The van der Waals surface area contributed by atoms with Crippen LogP contribution in [-0.2, 0) is 14.3 Å². The third-order valence-electron chi connectivity index (χ3n) is 5.06. The number of rotatable bonds is 10. The van der Waals surface area contributed by atoms with Crippen molar-refractivity contribution in [3.05, 3.63) is 77.9 Å². The highest BCUT2D eigenvalue weighted by molar-refractivity contribution is 6.46. The molecule has 1 amide bonds. The Morgan fingerprint density at radius 3 is 2.53 bits per heavy atom. The summed E-state index contributed by atoms with van der Waals surface area (Å²) in [6, 6.07) is 13.1. The number of methoxy groups -OCH3 is 1. The fourth-order valence-electron chi connectivity index (χ4n) is 3.61. The van der Waals surface area contributed by atoms with E-state index in [4.69, 9.17) is 14.2 Å².